The second-order valence-corrected chi connectivity index (χ2v) is 1.93. The first-order valence-corrected chi connectivity index (χ1v) is 2.80. The number of hydrogen-bond donors (Lipinski definition) is 1. The summed E-state index contributed by atoms with van der Waals surface area (Å²) in [6, 6.07) is 0.819. The molecule has 0 aliphatic heterocycles. The van der Waals surface area contributed by atoms with E-state index in [0.717, 1.165) is 6.07 Å². The summed E-state index contributed by atoms with van der Waals surface area (Å²) in [6.07, 6.45) is -2.03. The Hall–Kier alpha value is -1.26. The number of anilines is 1. The van der Waals surface area contributed by atoms with Gasteiger partial charge in [0.2, 0.25) is 0 Å². The zero-order valence-corrected chi connectivity index (χ0v) is 5.39. The van der Waals surface area contributed by atoms with Crippen LogP contribution in [0.15, 0.2) is 12.3 Å². The van der Waals surface area contributed by atoms with Crippen LogP contribution in [-0.2, 0) is 0 Å². The van der Waals surface area contributed by atoms with Gasteiger partial charge in [-0.2, -0.15) is 0 Å². The highest BCUT2D eigenvalue weighted by atomic mass is 19.3. The van der Waals surface area contributed by atoms with Gasteiger partial charge in [0.25, 0.3) is 6.43 Å². The molecule has 0 fully saturated rings. The predicted molar refractivity (Wildman–Crippen MR) is 33.6 cm³/mol. The topological polar surface area (TPSA) is 38.9 Å². The Kier molecular flexibility index (Phi) is 1.98. The summed E-state index contributed by atoms with van der Waals surface area (Å²) < 4.78 is 36.0. The van der Waals surface area contributed by atoms with Crippen LogP contribution in [0.5, 0.6) is 0 Å². The van der Waals surface area contributed by atoms with Gasteiger partial charge in [0.15, 0.2) is 5.82 Å². The van der Waals surface area contributed by atoms with Gasteiger partial charge >= 0.3 is 0 Å². The maximum atomic E-state index is 12.3. The Labute approximate surface area is 60.9 Å². The number of alkyl halides is 2. The lowest BCUT2D eigenvalue weighted by molar-refractivity contribution is 0.146. The van der Waals surface area contributed by atoms with E-state index in [4.69, 9.17) is 5.73 Å². The van der Waals surface area contributed by atoms with Crippen LogP contribution in [0.4, 0.5) is 18.9 Å². The van der Waals surface area contributed by atoms with Crippen molar-refractivity contribution in [2.75, 3.05) is 5.73 Å². The number of pyridine rings is 1. The molecule has 0 atom stereocenters. The molecule has 0 aromatic carbocycles. The molecule has 0 spiro atoms. The molecule has 5 heteroatoms. The molecule has 0 bridgehead atoms. The second kappa shape index (κ2) is 2.77. The summed E-state index contributed by atoms with van der Waals surface area (Å²) in [4.78, 5) is 3.13. The third-order valence-corrected chi connectivity index (χ3v) is 1.13. The average molecular weight is 162 g/mol. The van der Waals surface area contributed by atoms with Crippen molar-refractivity contribution in [2.24, 2.45) is 0 Å². The van der Waals surface area contributed by atoms with Crippen molar-refractivity contribution in [1.82, 2.24) is 4.98 Å². The minimum atomic E-state index is -2.71. The largest absolute Gasteiger partial charge is 0.396 e. The highest BCUT2D eigenvalue weighted by Crippen LogP contribution is 2.19. The molecule has 0 aliphatic carbocycles. The number of hydrogen-bond acceptors (Lipinski definition) is 2. The molecule has 1 rings (SSSR count). The summed E-state index contributed by atoms with van der Waals surface area (Å²) in [5.74, 6) is -0.783. The van der Waals surface area contributed by atoms with Crippen LogP contribution >= 0.6 is 0 Å². The number of halogens is 3. The van der Waals surface area contributed by atoms with E-state index in [-0.39, 0.29) is 5.69 Å². The molecule has 0 unspecified atom stereocenters. The van der Waals surface area contributed by atoms with E-state index in [0.29, 0.717) is 6.20 Å². The summed E-state index contributed by atoms with van der Waals surface area (Å²) in [5.41, 5.74) is 4.19. The van der Waals surface area contributed by atoms with Crippen molar-refractivity contribution in [2.45, 2.75) is 6.43 Å². The molecular formula is C6H5F3N2. The molecule has 0 radical (unpaired) electrons. The second-order valence-electron chi connectivity index (χ2n) is 1.93. The number of aromatic nitrogens is 1. The molecule has 1 aromatic rings. The highest BCUT2D eigenvalue weighted by Gasteiger charge is 2.10. The monoisotopic (exact) mass is 162 g/mol. The van der Waals surface area contributed by atoms with Gasteiger partial charge in [-0.05, 0) is 6.07 Å². The van der Waals surface area contributed by atoms with Crippen molar-refractivity contribution in [3.05, 3.63) is 23.8 Å². The van der Waals surface area contributed by atoms with E-state index in [1.165, 1.54) is 0 Å². The number of rotatable bonds is 1. The lowest BCUT2D eigenvalue weighted by atomic mass is 10.3. The fraction of sp³-hybridized carbons (Fsp3) is 0.167. The van der Waals surface area contributed by atoms with E-state index < -0.39 is 17.9 Å². The maximum absolute atomic E-state index is 12.3. The quantitative estimate of drug-likeness (QED) is 0.683. The third kappa shape index (κ3) is 1.60. The molecule has 0 aliphatic rings. The van der Waals surface area contributed by atoms with Gasteiger partial charge in [0, 0.05) is 0 Å². The maximum Gasteiger partial charge on any atom is 0.280 e. The van der Waals surface area contributed by atoms with Crippen LogP contribution in [0.25, 0.3) is 0 Å². The van der Waals surface area contributed by atoms with Crippen LogP contribution in [-0.4, -0.2) is 4.98 Å². The Morgan fingerprint density at radius 1 is 1.45 bits per heavy atom. The molecule has 60 valence electrons. The summed E-state index contributed by atoms with van der Waals surface area (Å²) in [7, 11) is 0. The van der Waals surface area contributed by atoms with Crippen molar-refractivity contribution in [1.29, 1.82) is 0 Å². The Morgan fingerprint density at radius 2 is 2.09 bits per heavy atom. The predicted octanol–water partition coefficient (Wildman–Crippen LogP) is 1.74. The van der Waals surface area contributed by atoms with Crippen molar-refractivity contribution < 1.29 is 13.2 Å². The van der Waals surface area contributed by atoms with E-state index in [2.05, 4.69) is 4.98 Å². The standard InChI is InChI=1S/C6H5F3N2/c7-3-2-11-5(6(8)9)1-4(3)10/h1-2,6H,(H2,10,11). The minimum absolute atomic E-state index is 0.310. The summed E-state index contributed by atoms with van der Waals surface area (Å²) in [5, 5.41) is 0. The van der Waals surface area contributed by atoms with Gasteiger partial charge in [0.05, 0.1) is 11.9 Å². The smallest absolute Gasteiger partial charge is 0.280 e. The Morgan fingerprint density at radius 3 is 2.55 bits per heavy atom. The molecule has 0 saturated carbocycles. The van der Waals surface area contributed by atoms with Crippen molar-refractivity contribution >= 4 is 5.69 Å². The van der Waals surface area contributed by atoms with Crippen LogP contribution < -0.4 is 5.73 Å². The van der Waals surface area contributed by atoms with Crippen LogP contribution in [0.2, 0.25) is 0 Å². The lowest BCUT2D eigenvalue weighted by Crippen LogP contribution is -1.96. The van der Waals surface area contributed by atoms with Gasteiger partial charge in [-0.15, -0.1) is 0 Å². The van der Waals surface area contributed by atoms with Crippen LogP contribution in [0.1, 0.15) is 12.1 Å². The molecule has 2 N–H and O–H groups in total. The first-order chi connectivity index (χ1) is 5.11. The van der Waals surface area contributed by atoms with Gasteiger partial charge < -0.3 is 5.73 Å². The van der Waals surface area contributed by atoms with Crippen LogP contribution in [0.3, 0.4) is 0 Å². The fourth-order valence-corrected chi connectivity index (χ4v) is 0.591. The average Bonchev–Trinajstić information content (AvgIpc) is 1.94. The Bertz CT molecular complexity index is 262. The molecule has 11 heavy (non-hydrogen) atoms. The summed E-state index contributed by atoms with van der Waals surface area (Å²) in [6.45, 7) is 0. The third-order valence-electron chi connectivity index (χ3n) is 1.13. The lowest BCUT2D eigenvalue weighted by Gasteiger charge is -1.99. The van der Waals surface area contributed by atoms with E-state index in [9.17, 15) is 13.2 Å². The zero-order valence-electron chi connectivity index (χ0n) is 5.39. The highest BCUT2D eigenvalue weighted by molar-refractivity contribution is 5.39. The fourth-order valence-electron chi connectivity index (χ4n) is 0.591. The zero-order chi connectivity index (χ0) is 8.43. The van der Waals surface area contributed by atoms with E-state index in [1.807, 2.05) is 0 Å². The first kappa shape index (κ1) is 7.84. The SMILES string of the molecule is Nc1cc(C(F)F)ncc1F. The number of nitrogens with zero attached hydrogens (tertiary/aromatic N) is 1. The molecule has 1 aromatic heterocycles. The van der Waals surface area contributed by atoms with Gasteiger partial charge in [-0.1, -0.05) is 0 Å². The minimum Gasteiger partial charge on any atom is -0.396 e. The van der Waals surface area contributed by atoms with Crippen molar-refractivity contribution in [3.63, 3.8) is 0 Å². The molecule has 2 nitrogen and oxygen atoms in total. The number of nitrogens with two attached hydrogens (primary N) is 1. The molecule has 1 heterocycles. The van der Waals surface area contributed by atoms with Gasteiger partial charge in [-0.25, -0.2) is 13.2 Å². The van der Waals surface area contributed by atoms with Crippen molar-refractivity contribution in [3.8, 4) is 0 Å². The molecular weight excluding hydrogens is 157 g/mol. The van der Waals surface area contributed by atoms with Crippen LogP contribution in [0, 0.1) is 5.82 Å². The van der Waals surface area contributed by atoms with Gasteiger partial charge in [0.1, 0.15) is 5.69 Å². The number of nitrogen functional groups attached to an aromatic ring is 1. The first-order valence-electron chi connectivity index (χ1n) is 2.80. The van der Waals surface area contributed by atoms with E-state index in [1.54, 1.807) is 0 Å². The van der Waals surface area contributed by atoms with Gasteiger partial charge in [-0.3, -0.25) is 4.98 Å². The molecule has 0 saturated heterocycles. The summed E-state index contributed by atoms with van der Waals surface area (Å²) >= 11 is 0. The molecule has 0 amide bonds. The normalized spacial score (nSPS) is 10.5. The Balaban J connectivity index is 3.05. The van der Waals surface area contributed by atoms with E-state index >= 15 is 0 Å².